The first-order valence-electron chi connectivity index (χ1n) is 10.4. The molecule has 0 unspecified atom stereocenters. The molecule has 0 bridgehead atoms. The number of ether oxygens (including phenoxy) is 3. The second kappa shape index (κ2) is 9.94. The van der Waals surface area contributed by atoms with Crippen LogP contribution in [0.3, 0.4) is 0 Å². The van der Waals surface area contributed by atoms with Crippen LogP contribution in [0, 0.1) is 22.5 Å². The molecule has 2 aromatic carbocycles. The number of hydrogen-bond acceptors (Lipinski definition) is 8. The zero-order valence-corrected chi connectivity index (χ0v) is 19.5. The van der Waals surface area contributed by atoms with E-state index in [9.17, 15) is 14.9 Å². The van der Waals surface area contributed by atoms with E-state index in [2.05, 4.69) is 10.9 Å². The quantitative estimate of drug-likeness (QED) is 0.302. The summed E-state index contributed by atoms with van der Waals surface area (Å²) in [7, 11) is 3.07. The Morgan fingerprint density at radius 2 is 1.94 bits per heavy atom. The SMILES string of the molecule is C#CCn1c(=NC(=O)c2ccc(N3CCOCC3)c([N+](=O)[O-])c2)sc2cc(OC)c(OC)cc21. The lowest BCUT2D eigenvalue weighted by molar-refractivity contribution is -0.384. The van der Waals surface area contributed by atoms with Gasteiger partial charge in [0.05, 0.1) is 49.1 Å². The van der Waals surface area contributed by atoms with Crippen LogP contribution in [0.1, 0.15) is 10.4 Å². The molecule has 2 heterocycles. The van der Waals surface area contributed by atoms with Crippen molar-refractivity contribution >= 4 is 38.8 Å². The summed E-state index contributed by atoms with van der Waals surface area (Å²) < 4.78 is 18.6. The van der Waals surface area contributed by atoms with Crippen molar-refractivity contribution in [2.24, 2.45) is 4.99 Å². The van der Waals surface area contributed by atoms with Gasteiger partial charge in [0.1, 0.15) is 5.69 Å². The second-order valence-electron chi connectivity index (χ2n) is 7.33. The Kier molecular flexibility index (Phi) is 6.81. The predicted octanol–water partition coefficient (Wildman–Crippen LogP) is 2.84. The molecule has 176 valence electrons. The van der Waals surface area contributed by atoms with E-state index in [0.29, 0.717) is 48.3 Å². The lowest BCUT2D eigenvalue weighted by Crippen LogP contribution is -2.36. The number of aromatic nitrogens is 1. The van der Waals surface area contributed by atoms with Gasteiger partial charge in [-0.3, -0.25) is 14.9 Å². The van der Waals surface area contributed by atoms with E-state index in [1.807, 2.05) is 4.90 Å². The van der Waals surface area contributed by atoms with Gasteiger partial charge in [-0.25, -0.2) is 0 Å². The number of carbonyl (C=O) groups is 1. The van der Waals surface area contributed by atoms with Crippen molar-refractivity contribution in [2.45, 2.75) is 6.54 Å². The first-order chi connectivity index (χ1) is 16.5. The van der Waals surface area contributed by atoms with Gasteiger partial charge >= 0.3 is 0 Å². The summed E-state index contributed by atoms with van der Waals surface area (Å²) in [5.74, 6) is 3.02. The monoisotopic (exact) mass is 482 g/mol. The van der Waals surface area contributed by atoms with Crippen molar-refractivity contribution in [1.29, 1.82) is 0 Å². The molecule has 0 saturated carbocycles. The Morgan fingerprint density at radius 3 is 2.59 bits per heavy atom. The number of anilines is 1. The number of nitro groups is 1. The number of morpholine rings is 1. The summed E-state index contributed by atoms with van der Waals surface area (Å²) in [6.45, 7) is 2.24. The first-order valence-corrected chi connectivity index (χ1v) is 11.2. The molecule has 1 amide bonds. The third-order valence-electron chi connectivity index (χ3n) is 5.41. The highest BCUT2D eigenvalue weighted by Crippen LogP contribution is 2.34. The number of thiazole rings is 1. The fraction of sp³-hybridized carbons (Fsp3) is 0.304. The normalized spacial score (nSPS) is 14.1. The number of carbonyl (C=O) groups excluding carboxylic acids is 1. The maximum Gasteiger partial charge on any atom is 0.293 e. The zero-order valence-electron chi connectivity index (χ0n) is 18.6. The van der Waals surface area contributed by atoms with Crippen molar-refractivity contribution in [3.8, 4) is 23.8 Å². The van der Waals surface area contributed by atoms with Crippen LogP contribution in [0.15, 0.2) is 35.3 Å². The third kappa shape index (κ3) is 4.46. The number of amides is 1. The molecule has 4 rings (SSSR count). The Hall–Kier alpha value is -3.88. The van der Waals surface area contributed by atoms with Gasteiger partial charge in [-0.1, -0.05) is 17.3 Å². The van der Waals surface area contributed by atoms with E-state index >= 15 is 0 Å². The van der Waals surface area contributed by atoms with E-state index in [4.69, 9.17) is 20.6 Å². The fourth-order valence-electron chi connectivity index (χ4n) is 3.75. The maximum atomic E-state index is 13.0. The van der Waals surface area contributed by atoms with Gasteiger partial charge in [0.2, 0.25) is 0 Å². The number of methoxy groups -OCH3 is 2. The van der Waals surface area contributed by atoms with Crippen LogP contribution in [0.5, 0.6) is 11.5 Å². The molecular weight excluding hydrogens is 460 g/mol. The van der Waals surface area contributed by atoms with Crippen LogP contribution in [-0.2, 0) is 11.3 Å². The van der Waals surface area contributed by atoms with E-state index < -0.39 is 10.8 Å². The number of nitrogens with zero attached hydrogens (tertiary/aromatic N) is 4. The molecular formula is C23H22N4O6S. The minimum absolute atomic E-state index is 0.114. The highest BCUT2D eigenvalue weighted by molar-refractivity contribution is 7.16. The summed E-state index contributed by atoms with van der Waals surface area (Å²) in [4.78, 5) is 30.8. The molecule has 1 aliphatic rings. The molecule has 1 aliphatic heterocycles. The largest absolute Gasteiger partial charge is 0.493 e. The van der Waals surface area contributed by atoms with Crippen molar-refractivity contribution in [3.05, 3.63) is 50.8 Å². The summed E-state index contributed by atoms with van der Waals surface area (Å²) in [5.41, 5.74) is 1.16. The number of terminal acetylenes is 1. The molecule has 0 N–H and O–H groups in total. The Bertz CT molecular complexity index is 1360. The van der Waals surface area contributed by atoms with E-state index in [1.165, 1.54) is 31.6 Å². The average Bonchev–Trinajstić information content (AvgIpc) is 3.19. The molecule has 10 nitrogen and oxygen atoms in total. The van der Waals surface area contributed by atoms with Crippen molar-refractivity contribution in [2.75, 3.05) is 45.4 Å². The smallest absolute Gasteiger partial charge is 0.293 e. The standard InChI is InChI=1S/C23H22N4O6S/c1-4-7-26-18-13-19(31-2)20(32-3)14-21(18)34-23(26)24-22(28)15-5-6-16(17(12-15)27(29)30)25-8-10-33-11-9-25/h1,5-6,12-14H,7-11H2,2-3H3. The van der Waals surface area contributed by atoms with Crippen LogP contribution < -0.4 is 19.2 Å². The summed E-state index contributed by atoms with van der Waals surface area (Å²) in [6, 6.07) is 7.96. The molecule has 0 atom stereocenters. The van der Waals surface area contributed by atoms with Crippen LogP contribution >= 0.6 is 11.3 Å². The zero-order chi connectivity index (χ0) is 24.2. The van der Waals surface area contributed by atoms with Crippen LogP contribution in [0.4, 0.5) is 11.4 Å². The minimum Gasteiger partial charge on any atom is -0.493 e. The van der Waals surface area contributed by atoms with Crippen LogP contribution in [-0.4, -0.2) is 55.9 Å². The molecule has 11 heteroatoms. The number of hydrogen-bond donors (Lipinski definition) is 0. The minimum atomic E-state index is -0.604. The second-order valence-corrected chi connectivity index (χ2v) is 8.34. The average molecular weight is 483 g/mol. The molecule has 34 heavy (non-hydrogen) atoms. The van der Waals surface area contributed by atoms with Crippen LogP contribution in [0.2, 0.25) is 0 Å². The Balaban J connectivity index is 1.78. The number of fused-ring (bicyclic) bond motifs is 1. The Labute approximate surface area is 199 Å². The predicted molar refractivity (Wildman–Crippen MR) is 128 cm³/mol. The third-order valence-corrected chi connectivity index (χ3v) is 6.45. The molecule has 0 aliphatic carbocycles. The van der Waals surface area contributed by atoms with Gasteiger partial charge in [-0.15, -0.1) is 6.42 Å². The summed E-state index contributed by atoms with van der Waals surface area (Å²) in [5, 5.41) is 11.7. The van der Waals surface area contributed by atoms with Crippen molar-refractivity contribution in [3.63, 3.8) is 0 Å². The number of nitro benzene ring substituents is 1. The maximum absolute atomic E-state index is 13.0. The lowest BCUT2D eigenvalue weighted by Gasteiger charge is -2.28. The van der Waals surface area contributed by atoms with E-state index in [0.717, 1.165) is 10.2 Å². The van der Waals surface area contributed by atoms with Gasteiger partial charge in [0, 0.05) is 36.9 Å². The molecule has 1 fully saturated rings. The van der Waals surface area contributed by atoms with E-state index in [1.54, 1.807) is 28.8 Å². The van der Waals surface area contributed by atoms with Gasteiger partial charge < -0.3 is 23.7 Å². The van der Waals surface area contributed by atoms with Crippen LogP contribution in [0.25, 0.3) is 10.2 Å². The molecule has 1 aromatic heterocycles. The highest BCUT2D eigenvalue weighted by atomic mass is 32.1. The molecule has 0 radical (unpaired) electrons. The number of benzene rings is 2. The first kappa shape index (κ1) is 23.3. The highest BCUT2D eigenvalue weighted by Gasteiger charge is 2.23. The van der Waals surface area contributed by atoms with Crippen molar-refractivity contribution in [1.82, 2.24) is 4.57 Å². The van der Waals surface area contributed by atoms with Gasteiger partial charge in [-0.2, -0.15) is 4.99 Å². The lowest BCUT2D eigenvalue weighted by atomic mass is 10.1. The fourth-order valence-corrected chi connectivity index (χ4v) is 4.79. The van der Waals surface area contributed by atoms with Gasteiger partial charge in [0.25, 0.3) is 11.6 Å². The molecule has 1 saturated heterocycles. The summed E-state index contributed by atoms with van der Waals surface area (Å²) >= 11 is 1.26. The Morgan fingerprint density at radius 1 is 1.24 bits per heavy atom. The molecule has 3 aromatic rings. The van der Waals surface area contributed by atoms with Crippen molar-refractivity contribution < 1.29 is 23.9 Å². The summed E-state index contributed by atoms with van der Waals surface area (Å²) in [6.07, 6.45) is 5.55. The molecule has 0 spiro atoms. The topological polar surface area (TPSA) is 108 Å². The number of rotatable bonds is 6. The van der Waals surface area contributed by atoms with Gasteiger partial charge in [0.15, 0.2) is 16.3 Å². The van der Waals surface area contributed by atoms with Gasteiger partial charge in [-0.05, 0) is 12.1 Å². The van der Waals surface area contributed by atoms with E-state index in [-0.39, 0.29) is 17.8 Å².